The molecule has 0 radical (unpaired) electrons. The molecule has 0 aliphatic carbocycles. The number of benzene rings is 1. The van der Waals surface area contributed by atoms with E-state index in [1.54, 1.807) is 25.3 Å². The lowest BCUT2D eigenvalue weighted by atomic mass is 10.2. The number of halogens is 1. The minimum Gasteiger partial charge on any atom is -0.354 e. The molecule has 2 N–H and O–H groups in total. The topological polar surface area (TPSA) is 71.1 Å². The van der Waals surface area contributed by atoms with E-state index in [1.807, 2.05) is 25.1 Å². The Morgan fingerprint density at radius 1 is 1.24 bits per heavy atom. The molecule has 2 aromatic rings. The summed E-state index contributed by atoms with van der Waals surface area (Å²) in [5.41, 5.74) is 2.68. The molecular formula is C14H16ClN3O2S. The molecule has 112 valence electrons. The van der Waals surface area contributed by atoms with Crippen LogP contribution in [-0.4, -0.2) is 19.2 Å². The summed E-state index contributed by atoms with van der Waals surface area (Å²) >= 11 is 5.96. The lowest BCUT2D eigenvalue weighted by Gasteiger charge is -2.10. The first-order valence-electron chi connectivity index (χ1n) is 6.39. The molecule has 1 aromatic heterocycles. The number of nitrogens with zero attached hydrogens (tertiary/aromatic N) is 1. The van der Waals surface area contributed by atoms with Crippen LogP contribution in [0.25, 0.3) is 0 Å². The Balaban J connectivity index is 2.14. The van der Waals surface area contributed by atoms with E-state index in [0.717, 1.165) is 16.9 Å². The minimum atomic E-state index is -3.31. The van der Waals surface area contributed by atoms with Crippen molar-refractivity contribution in [1.29, 1.82) is 0 Å². The van der Waals surface area contributed by atoms with Crippen LogP contribution in [0.4, 0.5) is 17.2 Å². The van der Waals surface area contributed by atoms with E-state index in [2.05, 4.69) is 15.0 Å². The maximum atomic E-state index is 11.4. The summed E-state index contributed by atoms with van der Waals surface area (Å²) in [6.45, 7) is 3.54. The summed E-state index contributed by atoms with van der Waals surface area (Å²) in [4.78, 5) is 4.07. The predicted molar refractivity (Wildman–Crippen MR) is 86.8 cm³/mol. The van der Waals surface area contributed by atoms with E-state index in [0.29, 0.717) is 10.8 Å². The van der Waals surface area contributed by atoms with Crippen LogP contribution in [0.2, 0.25) is 5.02 Å². The van der Waals surface area contributed by atoms with Gasteiger partial charge in [0.25, 0.3) is 0 Å². The van der Waals surface area contributed by atoms with Crippen LogP contribution in [-0.2, 0) is 10.0 Å². The SMILES string of the molecule is CCS(=O)(=O)Nc1ccc(Nc2cc(Cl)ccc2C)cn1. The first kappa shape index (κ1) is 15.6. The molecule has 1 heterocycles. The van der Waals surface area contributed by atoms with Crippen molar-refractivity contribution < 1.29 is 8.42 Å². The predicted octanol–water partition coefficient (Wildman–Crippen LogP) is 3.55. The van der Waals surface area contributed by atoms with Gasteiger partial charge in [-0.3, -0.25) is 4.72 Å². The van der Waals surface area contributed by atoms with Gasteiger partial charge >= 0.3 is 0 Å². The number of hydrogen-bond donors (Lipinski definition) is 2. The number of nitrogens with one attached hydrogen (secondary N) is 2. The summed E-state index contributed by atoms with van der Waals surface area (Å²) in [7, 11) is -3.31. The second kappa shape index (κ2) is 6.32. The van der Waals surface area contributed by atoms with Crippen molar-refractivity contribution in [3.8, 4) is 0 Å². The molecule has 0 unspecified atom stereocenters. The summed E-state index contributed by atoms with van der Waals surface area (Å²) in [5.74, 6) is 0.307. The highest BCUT2D eigenvalue weighted by Crippen LogP contribution is 2.24. The first-order valence-corrected chi connectivity index (χ1v) is 8.42. The van der Waals surface area contributed by atoms with Crippen molar-refractivity contribution in [2.75, 3.05) is 15.8 Å². The molecule has 0 saturated carbocycles. The number of hydrogen-bond acceptors (Lipinski definition) is 4. The Labute approximate surface area is 129 Å². The van der Waals surface area contributed by atoms with Gasteiger partial charge in [0.1, 0.15) is 5.82 Å². The van der Waals surface area contributed by atoms with Crippen LogP contribution in [0, 0.1) is 6.92 Å². The van der Waals surface area contributed by atoms with Gasteiger partial charge in [0.2, 0.25) is 10.0 Å². The Morgan fingerprint density at radius 3 is 2.62 bits per heavy atom. The average Bonchev–Trinajstić information content (AvgIpc) is 2.45. The largest absolute Gasteiger partial charge is 0.354 e. The molecule has 1 aromatic carbocycles. The molecule has 5 nitrogen and oxygen atoms in total. The lowest BCUT2D eigenvalue weighted by Crippen LogP contribution is -2.15. The minimum absolute atomic E-state index is 0.0103. The van der Waals surface area contributed by atoms with Crippen LogP contribution in [0.5, 0.6) is 0 Å². The monoisotopic (exact) mass is 325 g/mol. The van der Waals surface area contributed by atoms with Crippen molar-refractivity contribution >= 4 is 38.8 Å². The molecule has 0 fully saturated rings. The standard InChI is InChI=1S/C14H16ClN3O2S/c1-3-21(19,20)18-14-7-6-12(9-16-14)17-13-8-11(15)5-4-10(13)2/h4-9,17H,3H2,1-2H3,(H,16,18). The molecule has 2 rings (SSSR count). The van der Waals surface area contributed by atoms with Gasteiger partial charge in [-0.05, 0) is 43.7 Å². The third-order valence-electron chi connectivity index (χ3n) is 2.88. The van der Waals surface area contributed by atoms with Crippen molar-refractivity contribution in [3.05, 3.63) is 47.1 Å². The van der Waals surface area contributed by atoms with E-state index >= 15 is 0 Å². The molecular weight excluding hydrogens is 310 g/mol. The zero-order valence-corrected chi connectivity index (χ0v) is 13.3. The van der Waals surface area contributed by atoms with Gasteiger partial charge in [-0.25, -0.2) is 13.4 Å². The fourth-order valence-electron chi connectivity index (χ4n) is 1.64. The number of aryl methyl sites for hydroxylation is 1. The lowest BCUT2D eigenvalue weighted by molar-refractivity contribution is 0.602. The van der Waals surface area contributed by atoms with Gasteiger partial charge in [0, 0.05) is 10.7 Å². The zero-order valence-electron chi connectivity index (χ0n) is 11.7. The molecule has 0 aliphatic heterocycles. The molecule has 0 atom stereocenters. The van der Waals surface area contributed by atoms with Crippen LogP contribution in [0.15, 0.2) is 36.5 Å². The molecule has 0 spiro atoms. The van der Waals surface area contributed by atoms with Crippen LogP contribution in [0.3, 0.4) is 0 Å². The smallest absolute Gasteiger partial charge is 0.233 e. The van der Waals surface area contributed by atoms with Crippen molar-refractivity contribution in [2.45, 2.75) is 13.8 Å². The van der Waals surface area contributed by atoms with E-state index in [-0.39, 0.29) is 5.75 Å². The first-order chi connectivity index (χ1) is 9.89. The third kappa shape index (κ3) is 4.34. The molecule has 21 heavy (non-hydrogen) atoms. The highest BCUT2D eigenvalue weighted by atomic mass is 35.5. The number of pyridine rings is 1. The van der Waals surface area contributed by atoms with Crippen LogP contribution < -0.4 is 10.0 Å². The van der Waals surface area contributed by atoms with Gasteiger partial charge in [0.05, 0.1) is 17.6 Å². The number of rotatable bonds is 5. The van der Waals surface area contributed by atoms with Gasteiger partial charge in [0.15, 0.2) is 0 Å². The van der Waals surface area contributed by atoms with E-state index < -0.39 is 10.0 Å². The highest BCUT2D eigenvalue weighted by molar-refractivity contribution is 7.92. The summed E-state index contributed by atoms with van der Waals surface area (Å²) < 4.78 is 25.3. The Bertz CT molecular complexity index is 730. The van der Waals surface area contributed by atoms with Crippen LogP contribution >= 0.6 is 11.6 Å². The van der Waals surface area contributed by atoms with Crippen LogP contribution in [0.1, 0.15) is 12.5 Å². The van der Waals surface area contributed by atoms with Gasteiger partial charge in [-0.15, -0.1) is 0 Å². The fraction of sp³-hybridized carbons (Fsp3) is 0.214. The number of sulfonamides is 1. The fourth-order valence-corrected chi connectivity index (χ4v) is 2.40. The maximum Gasteiger partial charge on any atom is 0.233 e. The van der Waals surface area contributed by atoms with Crippen molar-refractivity contribution in [2.24, 2.45) is 0 Å². The normalized spacial score (nSPS) is 11.2. The van der Waals surface area contributed by atoms with Crippen molar-refractivity contribution in [3.63, 3.8) is 0 Å². The Kier molecular flexibility index (Phi) is 4.69. The quantitative estimate of drug-likeness (QED) is 0.882. The average molecular weight is 326 g/mol. The summed E-state index contributed by atoms with van der Waals surface area (Å²) in [6.07, 6.45) is 1.56. The molecule has 0 amide bonds. The second-order valence-corrected chi connectivity index (χ2v) is 6.97. The Morgan fingerprint density at radius 2 is 2.00 bits per heavy atom. The highest BCUT2D eigenvalue weighted by Gasteiger charge is 2.07. The molecule has 0 aliphatic rings. The molecule has 7 heteroatoms. The third-order valence-corrected chi connectivity index (χ3v) is 4.40. The van der Waals surface area contributed by atoms with E-state index in [4.69, 9.17) is 11.6 Å². The summed E-state index contributed by atoms with van der Waals surface area (Å²) in [6, 6.07) is 8.92. The molecule has 0 bridgehead atoms. The Hall–Kier alpha value is -1.79. The van der Waals surface area contributed by atoms with Gasteiger partial charge in [-0.2, -0.15) is 0 Å². The summed E-state index contributed by atoms with van der Waals surface area (Å²) in [5, 5.41) is 3.83. The second-order valence-electron chi connectivity index (χ2n) is 4.52. The zero-order chi connectivity index (χ0) is 15.5. The van der Waals surface area contributed by atoms with Crippen molar-refractivity contribution in [1.82, 2.24) is 4.98 Å². The molecule has 0 saturated heterocycles. The number of aromatic nitrogens is 1. The maximum absolute atomic E-state index is 11.4. The van der Waals surface area contributed by atoms with Gasteiger partial charge in [-0.1, -0.05) is 17.7 Å². The van der Waals surface area contributed by atoms with Gasteiger partial charge < -0.3 is 5.32 Å². The van der Waals surface area contributed by atoms with E-state index in [9.17, 15) is 8.42 Å². The van der Waals surface area contributed by atoms with E-state index in [1.165, 1.54) is 0 Å². The number of anilines is 3.